The molecule has 0 saturated heterocycles. The van der Waals surface area contributed by atoms with Crippen LogP contribution in [0.2, 0.25) is 0 Å². The number of ether oxygens (including phenoxy) is 1. The number of methoxy groups -OCH3 is 1. The van der Waals surface area contributed by atoms with Gasteiger partial charge in [0.2, 0.25) is 0 Å². The fourth-order valence-corrected chi connectivity index (χ4v) is 2.17. The molecule has 76 valence electrons. The minimum Gasteiger partial charge on any atom is -0.494 e. The molecule has 0 bridgehead atoms. The number of hydrogen-bond donors (Lipinski definition) is 2. The molecular formula is C11H16N2O. The smallest absolute Gasteiger partial charge is 0.146 e. The number of fused-ring (bicyclic) bond motifs is 1. The van der Waals surface area contributed by atoms with E-state index in [0.29, 0.717) is 5.69 Å². The Kier molecular flexibility index (Phi) is 2.33. The third kappa shape index (κ3) is 1.34. The van der Waals surface area contributed by atoms with Gasteiger partial charge in [-0.25, -0.2) is 0 Å². The standard InChI is InChI=1S/C11H16N2O/c1-14-11-9(13)6-5-7-3-2-4-8(12)10(7)11/h5-6,8H,2-4,12-13H2,1H3/t8-/m0/s1. The van der Waals surface area contributed by atoms with Crippen molar-refractivity contribution in [3.63, 3.8) is 0 Å². The van der Waals surface area contributed by atoms with E-state index in [0.717, 1.165) is 30.6 Å². The van der Waals surface area contributed by atoms with Crippen LogP contribution in [0.5, 0.6) is 5.75 Å². The zero-order valence-electron chi connectivity index (χ0n) is 8.42. The van der Waals surface area contributed by atoms with Crippen molar-refractivity contribution in [3.8, 4) is 5.75 Å². The first-order valence-electron chi connectivity index (χ1n) is 4.95. The van der Waals surface area contributed by atoms with Crippen LogP contribution in [0.25, 0.3) is 0 Å². The molecule has 0 saturated carbocycles. The Hall–Kier alpha value is -1.22. The Morgan fingerprint density at radius 1 is 1.43 bits per heavy atom. The highest BCUT2D eigenvalue weighted by atomic mass is 16.5. The number of anilines is 1. The van der Waals surface area contributed by atoms with Crippen LogP contribution >= 0.6 is 0 Å². The molecule has 4 N–H and O–H groups in total. The lowest BCUT2D eigenvalue weighted by molar-refractivity contribution is 0.401. The molecule has 0 aliphatic heterocycles. The van der Waals surface area contributed by atoms with Crippen molar-refractivity contribution < 1.29 is 4.74 Å². The largest absolute Gasteiger partial charge is 0.494 e. The number of nitrogen functional groups attached to an aromatic ring is 1. The molecule has 0 fully saturated rings. The van der Waals surface area contributed by atoms with Gasteiger partial charge in [-0.3, -0.25) is 0 Å². The third-order valence-corrected chi connectivity index (χ3v) is 2.85. The minimum atomic E-state index is 0.0807. The summed E-state index contributed by atoms with van der Waals surface area (Å²) in [5.41, 5.74) is 15.0. The molecule has 1 aromatic carbocycles. The second-order valence-electron chi connectivity index (χ2n) is 3.76. The van der Waals surface area contributed by atoms with Gasteiger partial charge in [-0.2, -0.15) is 0 Å². The van der Waals surface area contributed by atoms with E-state index in [-0.39, 0.29) is 6.04 Å². The van der Waals surface area contributed by atoms with Gasteiger partial charge in [0.1, 0.15) is 5.75 Å². The molecule has 1 aromatic rings. The summed E-state index contributed by atoms with van der Waals surface area (Å²) in [5, 5.41) is 0. The Balaban J connectivity index is 2.57. The van der Waals surface area contributed by atoms with Crippen LogP contribution in [0.3, 0.4) is 0 Å². The van der Waals surface area contributed by atoms with Crippen LogP contribution in [0.4, 0.5) is 5.69 Å². The first kappa shape index (κ1) is 9.34. The summed E-state index contributed by atoms with van der Waals surface area (Å²) in [5.74, 6) is 0.773. The van der Waals surface area contributed by atoms with E-state index < -0.39 is 0 Å². The topological polar surface area (TPSA) is 61.3 Å². The number of rotatable bonds is 1. The van der Waals surface area contributed by atoms with Gasteiger partial charge in [0, 0.05) is 11.6 Å². The van der Waals surface area contributed by atoms with E-state index in [1.165, 1.54) is 5.56 Å². The van der Waals surface area contributed by atoms with Crippen LogP contribution in [0.15, 0.2) is 12.1 Å². The molecule has 0 spiro atoms. The van der Waals surface area contributed by atoms with Crippen molar-refractivity contribution in [2.45, 2.75) is 25.3 Å². The summed E-state index contributed by atoms with van der Waals surface area (Å²) < 4.78 is 5.31. The molecule has 1 aliphatic rings. The summed E-state index contributed by atoms with van der Waals surface area (Å²) in [6, 6.07) is 4.04. The van der Waals surface area contributed by atoms with Crippen LogP contribution in [0.1, 0.15) is 30.0 Å². The highest BCUT2D eigenvalue weighted by molar-refractivity contribution is 5.61. The number of benzene rings is 1. The average Bonchev–Trinajstić information content (AvgIpc) is 2.19. The fourth-order valence-electron chi connectivity index (χ4n) is 2.17. The summed E-state index contributed by atoms with van der Waals surface area (Å²) in [6.45, 7) is 0. The molecular weight excluding hydrogens is 176 g/mol. The monoisotopic (exact) mass is 192 g/mol. The summed E-state index contributed by atoms with van der Waals surface area (Å²) in [6.07, 6.45) is 3.26. The molecule has 3 nitrogen and oxygen atoms in total. The van der Waals surface area contributed by atoms with E-state index in [1.54, 1.807) is 7.11 Å². The van der Waals surface area contributed by atoms with Crippen molar-refractivity contribution in [2.24, 2.45) is 5.73 Å². The lowest BCUT2D eigenvalue weighted by Gasteiger charge is -2.25. The van der Waals surface area contributed by atoms with E-state index in [9.17, 15) is 0 Å². The quantitative estimate of drug-likeness (QED) is 0.664. The van der Waals surface area contributed by atoms with E-state index in [1.807, 2.05) is 6.07 Å². The zero-order chi connectivity index (χ0) is 10.1. The molecule has 1 atom stereocenters. The Morgan fingerprint density at radius 3 is 2.93 bits per heavy atom. The maximum Gasteiger partial charge on any atom is 0.146 e. The number of nitrogens with two attached hydrogens (primary N) is 2. The summed E-state index contributed by atoms with van der Waals surface area (Å²) in [4.78, 5) is 0. The van der Waals surface area contributed by atoms with Crippen LogP contribution < -0.4 is 16.2 Å². The van der Waals surface area contributed by atoms with Crippen LogP contribution in [-0.4, -0.2) is 7.11 Å². The molecule has 0 unspecified atom stereocenters. The van der Waals surface area contributed by atoms with Crippen LogP contribution in [0, 0.1) is 0 Å². The van der Waals surface area contributed by atoms with E-state index >= 15 is 0 Å². The van der Waals surface area contributed by atoms with Crippen molar-refractivity contribution >= 4 is 5.69 Å². The molecule has 14 heavy (non-hydrogen) atoms. The van der Waals surface area contributed by atoms with Gasteiger partial charge < -0.3 is 16.2 Å². The first-order chi connectivity index (χ1) is 6.74. The Bertz CT molecular complexity index is 349. The highest BCUT2D eigenvalue weighted by Crippen LogP contribution is 2.38. The van der Waals surface area contributed by atoms with Crippen molar-refractivity contribution in [1.82, 2.24) is 0 Å². The van der Waals surface area contributed by atoms with Gasteiger partial charge in [-0.15, -0.1) is 0 Å². The predicted octanol–water partition coefficient (Wildman–Crippen LogP) is 1.61. The summed E-state index contributed by atoms with van der Waals surface area (Å²) in [7, 11) is 1.65. The first-order valence-corrected chi connectivity index (χ1v) is 4.95. The Morgan fingerprint density at radius 2 is 2.21 bits per heavy atom. The molecule has 1 aliphatic carbocycles. The second kappa shape index (κ2) is 3.50. The third-order valence-electron chi connectivity index (χ3n) is 2.85. The lowest BCUT2D eigenvalue weighted by Crippen LogP contribution is -2.19. The fraction of sp³-hybridized carbons (Fsp3) is 0.455. The molecule has 3 heteroatoms. The zero-order valence-corrected chi connectivity index (χ0v) is 8.42. The molecule has 0 aromatic heterocycles. The minimum absolute atomic E-state index is 0.0807. The second-order valence-corrected chi connectivity index (χ2v) is 3.76. The number of hydrogen-bond acceptors (Lipinski definition) is 3. The normalized spacial score (nSPS) is 20.3. The van der Waals surface area contributed by atoms with Gasteiger partial charge >= 0.3 is 0 Å². The molecule has 2 rings (SSSR count). The van der Waals surface area contributed by atoms with E-state index in [4.69, 9.17) is 16.2 Å². The highest BCUT2D eigenvalue weighted by Gasteiger charge is 2.22. The van der Waals surface area contributed by atoms with E-state index in [2.05, 4.69) is 6.07 Å². The van der Waals surface area contributed by atoms with Gasteiger partial charge in [-0.1, -0.05) is 6.07 Å². The Labute approximate surface area is 84.0 Å². The number of aryl methyl sites for hydroxylation is 1. The van der Waals surface area contributed by atoms with Gasteiger partial charge in [0.25, 0.3) is 0 Å². The van der Waals surface area contributed by atoms with Gasteiger partial charge in [0.15, 0.2) is 0 Å². The average molecular weight is 192 g/mol. The molecule has 0 radical (unpaired) electrons. The van der Waals surface area contributed by atoms with Crippen molar-refractivity contribution in [3.05, 3.63) is 23.3 Å². The SMILES string of the molecule is COc1c(N)ccc2c1[C@@H](N)CCC2. The molecule has 0 heterocycles. The van der Waals surface area contributed by atoms with Gasteiger partial charge in [-0.05, 0) is 30.9 Å². The lowest BCUT2D eigenvalue weighted by atomic mass is 9.87. The summed E-state index contributed by atoms with van der Waals surface area (Å²) >= 11 is 0. The predicted molar refractivity (Wildman–Crippen MR) is 57.3 cm³/mol. The maximum atomic E-state index is 6.06. The molecule has 0 amide bonds. The maximum absolute atomic E-state index is 6.06. The van der Waals surface area contributed by atoms with Crippen molar-refractivity contribution in [2.75, 3.05) is 12.8 Å². The van der Waals surface area contributed by atoms with Gasteiger partial charge in [0.05, 0.1) is 12.8 Å². The van der Waals surface area contributed by atoms with Crippen molar-refractivity contribution in [1.29, 1.82) is 0 Å². The van der Waals surface area contributed by atoms with Crippen LogP contribution in [-0.2, 0) is 6.42 Å².